The van der Waals surface area contributed by atoms with Gasteiger partial charge in [-0.25, -0.2) is 4.39 Å². The van der Waals surface area contributed by atoms with Gasteiger partial charge in [0.05, 0.1) is 10.6 Å². The highest BCUT2D eigenvalue weighted by atomic mass is 35.5. The number of benzene rings is 2. The van der Waals surface area contributed by atoms with Crippen molar-refractivity contribution in [2.75, 3.05) is 18.0 Å². The molecule has 2 aromatic carbocycles. The molecular weight excluding hydrogens is 379 g/mol. The summed E-state index contributed by atoms with van der Waals surface area (Å²) >= 11 is 6.18. The minimum Gasteiger partial charge on any atom is -0.354 e. The highest BCUT2D eigenvalue weighted by Gasteiger charge is 2.23. The van der Waals surface area contributed by atoms with Crippen LogP contribution in [0.15, 0.2) is 48.5 Å². The van der Waals surface area contributed by atoms with Crippen molar-refractivity contribution in [1.82, 2.24) is 5.32 Å². The molecule has 1 fully saturated rings. The van der Waals surface area contributed by atoms with Crippen LogP contribution in [0.25, 0.3) is 0 Å². The molecule has 0 aromatic heterocycles. The normalized spacial score (nSPS) is 14.5. The fourth-order valence-corrected chi connectivity index (χ4v) is 3.77. The largest absolute Gasteiger partial charge is 0.354 e. The van der Waals surface area contributed by atoms with Gasteiger partial charge in [-0.1, -0.05) is 43.0 Å². The van der Waals surface area contributed by atoms with Gasteiger partial charge in [-0.05, 0) is 49.2 Å². The average molecular weight is 403 g/mol. The number of halogens is 2. The van der Waals surface area contributed by atoms with Gasteiger partial charge in [0.15, 0.2) is 0 Å². The predicted molar refractivity (Wildman–Crippen MR) is 109 cm³/mol. The van der Waals surface area contributed by atoms with E-state index in [9.17, 15) is 14.0 Å². The average Bonchev–Trinajstić information content (AvgIpc) is 2.72. The molecule has 0 spiro atoms. The fourth-order valence-electron chi connectivity index (χ4n) is 3.55. The summed E-state index contributed by atoms with van der Waals surface area (Å²) in [4.78, 5) is 26.9. The Morgan fingerprint density at radius 1 is 1.04 bits per heavy atom. The number of carbonyl (C=O) groups is 2. The van der Waals surface area contributed by atoms with Gasteiger partial charge in [0.2, 0.25) is 5.91 Å². The van der Waals surface area contributed by atoms with E-state index in [1.165, 1.54) is 23.5 Å². The van der Waals surface area contributed by atoms with E-state index in [4.69, 9.17) is 11.6 Å². The minimum absolute atomic E-state index is 0.0453. The molecule has 1 aliphatic rings. The van der Waals surface area contributed by atoms with Crippen LogP contribution in [0.2, 0.25) is 5.02 Å². The monoisotopic (exact) mass is 402 g/mol. The lowest BCUT2D eigenvalue weighted by Gasteiger charge is -2.25. The van der Waals surface area contributed by atoms with Crippen LogP contribution in [0, 0.1) is 11.7 Å². The molecule has 0 radical (unpaired) electrons. The molecule has 0 unspecified atom stereocenters. The maximum Gasteiger partial charge on any atom is 0.259 e. The topological polar surface area (TPSA) is 49.4 Å². The number of hydrogen-bond donors (Lipinski definition) is 1. The lowest BCUT2D eigenvalue weighted by Crippen LogP contribution is -2.41. The molecule has 3 rings (SSSR count). The van der Waals surface area contributed by atoms with Crippen LogP contribution in [0.5, 0.6) is 0 Å². The smallest absolute Gasteiger partial charge is 0.259 e. The van der Waals surface area contributed by atoms with E-state index >= 15 is 0 Å². The van der Waals surface area contributed by atoms with Crippen LogP contribution in [0.4, 0.5) is 10.1 Å². The van der Waals surface area contributed by atoms with E-state index in [1.807, 2.05) is 0 Å². The molecule has 1 saturated carbocycles. The zero-order valence-corrected chi connectivity index (χ0v) is 16.4. The van der Waals surface area contributed by atoms with Crippen molar-refractivity contribution < 1.29 is 14.0 Å². The van der Waals surface area contributed by atoms with Crippen molar-refractivity contribution in [1.29, 1.82) is 0 Å². The number of amides is 2. The highest BCUT2D eigenvalue weighted by Crippen LogP contribution is 2.24. The molecule has 0 atom stereocenters. The summed E-state index contributed by atoms with van der Waals surface area (Å²) < 4.78 is 13.3. The van der Waals surface area contributed by atoms with E-state index in [0.717, 1.165) is 25.7 Å². The van der Waals surface area contributed by atoms with Gasteiger partial charge < -0.3 is 10.2 Å². The number of nitrogens with one attached hydrogen (secondary N) is 1. The van der Waals surface area contributed by atoms with Gasteiger partial charge in [-0.3, -0.25) is 9.59 Å². The Kier molecular flexibility index (Phi) is 7.04. The van der Waals surface area contributed by atoms with Gasteiger partial charge in [-0.2, -0.15) is 0 Å². The molecule has 0 heterocycles. The second kappa shape index (κ2) is 9.69. The Labute approximate surface area is 169 Å². The molecule has 2 amide bonds. The van der Waals surface area contributed by atoms with Gasteiger partial charge in [0, 0.05) is 24.7 Å². The van der Waals surface area contributed by atoms with Crippen molar-refractivity contribution in [3.05, 3.63) is 64.9 Å². The third-order valence-corrected chi connectivity index (χ3v) is 5.43. The van der Waals surface area contributed by atoms with Crippen LogP contribution in [-0.2, 0) is 4.79 Å². The molecule has 2 aromatic rings. The van der Waals surface area contributed by atoms with Crippen molar-refractivity contribution in [2.45, 2.75) is 32.1 Å². The summed E-state index contributed by atoms with van der Waals surface area (Å²) in [6.07, 6.45) is 5.21. The van der Waals surface area contributed by atoms with E-state index in [0.29, 0.717) is 22.8 Å². The first kappa shape index (κ1) is 20.3. The molecular formula is C22H24ClFN2O2. The van der Waals surface area contributed by atoms with Crippen molar-refractivity contribution in [3.8, 4) is 0 Å². The highest BCUT2D eigenvalue weighted by molar-refractivity contribution is 6.34. The van der Waals surface area contributed by atoms with Gasteiger partial charge in [0.1, 0.15) is 5.82 Å². The summed E-state index contributed by atoms with van der Waals surface area (Å²) in [5.74, 6) is -0.556. The third kappa shape index (κ3) is 5.10. The van der Waals surface area contributed by atoms with E-state index in [2.05, 4.69) is 5.32 Å². The first-order valence-corrected chi connectivity index (χ1v) is 10.0. The summed E-state index contributed by atoms with van der Waals surface area (Å²) in [5.41, 5.74) is 0.922. The quantitative estimate of drug-likeness (QED) is 0.752. The number of nitrogens with zero attached hydrogens (tertiary/aromatic N) is 1. The Morgan fingerprint density at radius 2 is 1.71 bits per heavy atom. The molecule has 0 saturated heterocycles. The lowest BCUT2D eigenvalue weighted by atomic mass is 9.89. The maximum absolute atomic E-state index is 13.3. The SMILES string of the molecule is O=C(NCCN(C(=O)c1ccccc1Cl)c1ccc(F)cc1)C1CCCCC1. The summed E-state index contributed by atoms with van der Waals surface area (Å²) in [5, 5.41) is 3.30. The number of carbonyl (C=O) groups excluding carboxylic acids is 2. The Hall–Kier alpha value is -2.40. The Bertz CT molecular complexity index is 820. The summed E-state index contributed by atoms with van der Waals surface area (Å²) in [7, 11) is 0. The second-order valence-corrected chi connectivity index (χ2v) is 7.45. The Balaban J connectivity index is 1.71. The van der Waals surface area contributed by atoms with Crippen molar-refractivity contribution >= 4 is 29.1 Å². The van der Waals surface area contributed by atoms with Crippen LogP contribution in [-0.4, -0.2) is 24.9 Å². The Morgan fingerprint density at radius 3 is 2.39 bits per heavy atom. The maximum atomic E-state index is 13.3. The van der Waals surface area contributed by atoms with Crippen LogP contribution < -0.4 is 10.2 Å². The van der Waals surface area contributed by atoms with Gasteiger partial charge in [0.25, 0.3) is 5.91 Å². The molecule has 1 N–H and O–H groups in total. The van der Waals surface area contributed by atoms with Crippen molar-refractivity contribution in [3.63, 3.8) is 0 Å². The van der Waals surface area contributed by atoms with E-state index in [-0.39, 0.29) is 30.1 Å². The zero-order valence-electron chi connectivity index (χ0n) is 15.7. The van der Waals surface area contributed by atoms with E-state index in [1.54, 1.807) is 36.4 Å². The zero-order chi connectivity index (χ0) is 19.9. The first-order chi connectivity index (χ1) is 13.6. The molecule has 6 heteroatoms. The number of anilines is 1. The lowest BCUT2D eigenvalue weighted by molar-refractivity contribution is -0.125. The van der Waals surface area contributed by atoms with Crippen molar-refractivity contribution in [2.24, 2.45) is 5.92 Å². The molecule has 0 aliphatic heterocycles. The predicted octanol–water partition coefficient (Wildman–Crippen LogP) is 4.82. The summed E-state index contributed by atoms with van der Waals surface area (Å²) in [6.45, 7) is 0.594. The summed E-state index contributed by atoms with van der Waals surface area (Å²) in [6, 6.07) is 12.5. The fraction of sp³-hybridized carbons (Fsp3) is 0.364. The first-order valence-electron chi connectivity index (χ1n) is 9.66. The second-order valence-electron chi connectivity index (χ2n) is 7.04. The molecule has 148 valence electrons. The van der Waals surface area contributed by atoms with Gasteiger partial charge in [-0.15, -0.1) is 0 Å². The molecule has 1 aliphatic carbocycles. The third-order valence-electron chi connectivity index (χ3n) is 5.10. The molecule has 28 heavy (non-hydrogen) atoms. The number of hydrogen-bond acceptors (Lipinski definition) is 2. The minimum atomic E-state index is -0.375. The van der Waals surface area contributed by atoms with Crippen LogP contribution >= 0.6 is 11.6 Å². The standard InChI is InChI=1S/C22H24ClFN2O2/c23-20-9-5-4-8-19(20)22(28)26(18-12-10-17(24)11-13-18)15-14-25-21(27)16-6-2-1-3-7-16/h4-5,8-13,16H,1-3,6-7,14-15H2,(H,25,27). The van der Waals surface area contributed by atoms with E-state index < -0.39 is 0 Å². The molecule has 0 bridgehead atoms. The van der Waals surface area contributed by atoms with Crippen LogP contribution in [0.1, 0.15) is 42.5 Å². The van der Waals surface area contributed by atoms with Crippen LogP contribution in [0.3, 0.4) is 0 Å². The number of rotatable bonds is 6. The molecule has 4 nitrogen and oxygen atoms in total. The van der Waals surface area contributed by atoms with Gasteiger partial charge >= 0.3 is 0 Å².